The number of carbonyl (C=O) groups excluding carboxylic acids is 1. The number of amides is 1. The monoisotopic (exact) mass is 395 g/mol. The molecule has 1 N–H and O–H groups in total. The first-order valence-electron chi connectivity index (χ1n) is 9.61. The summed E-state index contributed by atoms with van der Waals surface area (Å²) in [6, 6.07) is 11.8. The molecule has 1 unspecified atom stereocenters. The summed E-state index contributed by atoms with van der Waals surface area (Å²) in [5, 5.41) is 4.09. The highest BCUT2D eigenvalue weighted by atomic mass is 16.7. The van der Waals surface area contributed by atoms with Crippen LogP contribution in [0.2, 0.25) is 0 Å². The van der Waals surface area contributed by atoms with Crippen LogP contribution < -0.4 is 19.8 Å². The van der Waals surface area contributed by atoms with E-state index in [2.05, 4.69) is 10.5 Å². The third-order valence-electron chi connectivity index (χ3n) is 5.27. The van der Waals surface area contributed by atoms with Crippen LogP contribution in [-0.4, -0.2) is 39.6 Å². The molecule has 0 fully saturated rings. The topological polar surface area (TPSA) is 72.4 Å². The number of carbonyl (C=O) groups is 1. The standard InChI is InChI=1S/C22H25N3O4/c1-22(18-11-20-19(27-14-28-20)10-16(18)8-9-29-22)12-21(26)24-23-13-15-4-6-17(7-5-15)25(2)3/h4-7,10-11,13H,8-9,12,14H2,1-3H3,(H,24,26)/b23-13-. The highest BCUT2D eigenvalue weighted by Crippen LogP contribution is 2.43. The van der Waals surface area contributed by atoms with E-state index in [0.717, 1.165) is 34.5 Å². The van der Waals surface area contributed by atoms with E-state index in [1.54, 1.807) is 6.21 Å². The molecule has 0 radical (unpaired) electrons. The summed E-state index contributed by atoms with van der Waals surface area (Å²) >= 11 is 0. The number of benzene rings is 2. The summed E-state index contributed by atoms with van der Waals surface area (Å²) in [5.41, 5.74) is 5.98. The van der Waals surface area contributed by atoms with Crippen molar-refractivity contribution < 1.29 is 19.0 Å². The lowest BCUT2D eigenvalue weighted by molar-refractivity contribution is -0.130. The number of nitrogens with zero attached hydrogens (tertiary/aromatic N) is 2. The zero-order valence-electron chi connectivity index (χ0n) is 16.9. The van der Waals surface area contributed by atoms with Crippen LogP contribution in [0.5, 0.6) is 11.5 Å². The van der Waals surface area contributed by atoms with Gasteiger partial charge in [0.2, 0.25) is 12.7 Å². The van der Waals surface area contributed by atoms with Crippen molar-refractivity contribution >= 4 is 17.8 Å². The van der Waals surface area contributed by atoms with E-state index in [-0.39, 0.29) is 19.1 Å². The average Bonchev–Trinajstić information content (AvgIpc) is 3.15. The van der Waals surface area contributed by atoms with E-state index in [1.807, 2.05) is 62.3 Å². The van der Waals surface area contributed by atoms with Crippen LogP contribution in [0.25, 0.3) is 0 Å². The van der Waals surface area contributed by atoms with Gasteiger partial charge in [0.25, 0.3) is 0 Å². The van der Waals surface area contributed by atoms with Crippen molar-refractivity contribution in [3.63, 3.8) is 0 Å². The molecule has 7 nitrogen and oxygen atoms in total. The zero-order chi connectivity index (χ0) is 20.4. The quantitative estimate of drug-likeness (QED) is 0.623. The van der Waals surface area contributed by atoms with Gasteiger partial charge in [-0.05, 0) is 54.3 Å². The minimum absolute atomic E-state index is 0.163. The van der Waals surface area contributed by atoms with Crippen LogP contribution in [0.1, 0.15) is 30.0 Å². The first kappa shape index (κ1) is 19.3. The van der Waals surface area contributed by atoms with Crippen LogP contribution >= 0.6 is 0 Å². The van der Waals surface area contributed by atoms with Gasteiger partial charge in [-0.25, -0.2) is 5.43 Å². The molecule has 2 aliphatic rings. The first-order chi connectivity index (χ1) is 13.9. The van der Waals surface area contributed by atoms with Crippen LogP contribution in [0.15, 0.2) is 41.5 Å². The van der Waals surface area contributed by atoms with Crippen LogP contribution in [0.4, 0.5) is 5.69 Å². The fourth-order valence-corrected chi connectivity index (χ4v) is 3.68. The van der Waals surface area contributed by atoms with E-state index in [4.69, 9.17) is 14.2 Å². The van der Waals surface area contributed by atoms with E-state index in [0.29, 0.717) is 12.4 Å². The lowest BCUT2D eigenvalue weighted by atomic mass is 9.84. The van der Waals surface area contributed by atoms with Gasteiger partial charge in [-0.3, -0.25) is 4.79 Å². The fourth-order valence-electron chi connectivity index (χ4n) is 3.68. The summed E-state index contributed by atoms with van der Waals surface area (Å²) in [6.07, 6.45) is 2.58. The SMILES string of the molecule is CN(C)c1ccc(/C=N\NC(=O)CC2(C)OCCc3cc4c(cc32)OCO4)cc1. The minimum atomic E-state index is -0.735. The number of nitrogens with one attached hydrogen (secondary N) is 1. The molecule has 0 aliphatic carbocycles. The largest absolute Gasteiger partial charge is 0.454 e. The first-order valence-corrected chi connectivity index (χ1v) is 9.61. The molecular formula is C22H25N3O4. The fraction of sp³-hybridized carbons (Fsp3) is 0.364. The van der Waals surface area contributed by atoms with Gasteiger partial charge >= 0.3 is 0 Å². The van der Waals surface area contributed by atoms with Crippen LogP contribution in [0, 0.1) is 0 Å². The molecule has 0 saturated heterocycles. The number of anilines is 1. The van der Waals surface area contributed by atoms with Gasteiger partial charge in [-0.1, -0.05) is 12.1 Å². The molecule has 0 saturated carbocycles. The smallest absolute Gasteiger partial charge is 0.243 e. The highest BCUT2D eigenvalue weighted by molar-refractivity contribution is 5.83. The maximum Gasteiger partial charge on any atom is 0.243 e. The molecular weight excluding hydrogens is 370 g/mol. The Balaban J connectivity index is 1.42. The van der Waals surface area contributed by atoms with Crippen molar-refractivity contribution in [1.82, 2.24) is 5.43 Å². The summed E-state index contributed by atoms with van der Waals surface area (Å²) in [5.74, 6) is 1.24. The van der Waals surface area contributed by atoms with Crippen LogP contribution in [0.3, 0.4) is 0 Å². The Morgan fingerprint density at radius 2 is 1.93 bits per heavy atom. The molecule has 4 rings (SSSR count). The van der Waals surface area contributed by atoms with E-state index in [1.165, 1.54) is 0 Å². The highest BCUT2D eigenvalue weighted by Gasteiger charge is 2.37. The predicted octanol–water partition coefficient (Wildman–Crippen LogP) is 2.81. The van der Waals surface area contributed by atoms with Gasteiger partial charge in [0.1, 0.15) is 0 Å². The molecule has 0 aromatic heterocycles. The summed E-state index contributed by atoms with van der Waals surface area (Å²) in [7, 11) is 3.98. The predicted molar refractivity (Wildman–Crippen MR) is 111 cm³/mol. The van der Waals surface area contributed by atoms with Crippen LogP contribution in [-0.2, 0) is 21.6 Å². The Hall–Kier alpha value is -3.06. The lowest BCUT2D eigenvalue weighted by Crippen LogP contribution is -2.37. The van der Waals surface area contributed by atoms with Gasteiger partial charge < -0.3 is 19.1 Å². The van der Waals surface area contributed by atoms with E-state index < -0.39 is 5.60 Å². The number of hydrogen-bond acceptors (Lipinski definition) is 6. The van der Waals surface area contributed by atoms with E-state index >= 15 is 0 Å². The number of fused-ring (bicyclic) bond motifs is 2. The third-order valence-corrected chi connectivity index (χ3v) is 5.27. The second-order valence-corrected chi connectivity index (χ2v) is 7.65. The molecule has 0 spiro atoms. The molecule has 152 valence electrons. The second-order valence-electron chi connectivity index (χ2n) is 7.65. The molecule has 1 atom stereocenters. The molecule has 0 bridgehead atoms. The lowest BCUT2D eigenvalue weighted by Gasteiger charge is -2.35. The van der Waals surface area contributed by atoms with Gasteiger partial charge in [-0.15, -0.1) is 0 Å². The number of hydrogen-bond donors (Lipinski definition) is 1. The molecule has 29 heavy (non-hydrogen) atoms. The number of hydrazone groups is 1. The molecule has 2 aromatic rings. The van der Waals surface area contributed by atoms with Crippen molar-refractivity contribution in [3.05, 3.63) is 53.1 Å². The number of ether oxygens (including phenoxy) is 3. The summed E-state index contributed by atoms with van der Waals surface area (Å²) in [6.45, 7) is 2.70. The Kier molecular flexibility index (Phi) is 5.15. The van der Waals surface area contributed by atoms with Crippen molar-refractivity contribution in [2.24, 2.45) is 5.10 Å². The Morgan fingerprint density at radius 3 is 2.66 bits per heavy atom. The summed E-state index contributed by atoms with van der Waals surface area (Å²) in [4.78, 5) is 14.6. The van der Waals surface area contributed by atoms with Crippen molar-refractivity contribution in [2.45, 2.75) is 25.4 Å². The normalized spacial score (nSPS) is 19.8. The van der Waals surface area contributed by atoms with Crippen molar-refractivity contribution in [3.8, 4) is 11.5 Å². The van der Waals surface area contributed by atoms with Gasteiger partial charge in [0.15, 0.2) is 11.5 Å². The van der Waals surface area contributed by atoms with Gasteiger partial charge in [0, 0.05) is 19.8 Å². The maximum absolute atomic E-state index is 12.5. The summed E-state index contributed by atoms with van der Waals surface area (Å²) < 4.78 is 17.0. The Labute approximate surface area is 170 Å². The minimum Gasteiger partial charge on any atom is -0.454 e. The molecule has 2 aromatic carbocycles. The molecule has 7 heteroatoms. The average molecular weight is 395 g/mol. The van der Waals surface area contributed by atoms with Crippen molar-refractivity contribution in [2.75, 3.05) is 32.4 Å². The molecule has 1 amide bonds. The molecule has 2 aliphatic heterocycles. The van der Waals surface area contributed by atoms with Gasteiger partial charge in [0.05, 0.1) is 24.8 Å². The maximum atomic E-state index is 12.5. The Morgan fingerprint density at radius 1 is 1.21 bits per heavy atom. The number of rotatable bonds is 5. The van der Waals surface area contributed by atoms with E-state index in [9.17, 15) is 4.79 Å². The van der Waals surface area contributed by atoms with Gasteiger partial charge in [-0.2, -0.15) is 5.10 Å². The second kappa shape index (κ2) is 7.75. The van der Waals surface area contributed by atoms with Crippen molar-refractivity contribution in [1.29, 1.82) is 0 Å². The zero-order valence-corrected chi connectivity index (χ0v) is 16.9. The molecule has 2 heterocycles. The Bertz CT molecular complexity index is 940. The third kappa shape index (κ3) is 4.05.